The zero-order chi connectivity index (χ0) is 26.1. The van der Waals surface area contributed by atoms with Crippen LogP contribution in [0.2, 0.25) is 0 Å². The number of hydrogen-bond donors (Lipinski definition) is 0. The first-order valence-electron chi connectivity index (χ1n) is 11.7. The second kappa shape index (κ2) is 9.91. The molecule has 2 aliphatic heterocycles. The number of carbonyl (C=O) groups is 1. The van der Waals surface area contributed by atoms with E-state index in [2.05, 4.69) is 0 Å². The van der Waals surface area contributed by atoms with E-state index in [-0.39, 0.29) is 35.5 Å². The van der Waals surface area contributed by atoms with Crippen molar-refractivity contribution in [2.45, 2.75) is 44.0 Å². The predicted octanol–water partition coefficient (Wildman–Crippen LogP) is 3.39. The molecule has 1 saturated heterocycles. The maximum absolute atomic E-state index is 13.3. The molecule has 36 heavy (non-hydrogen) atoms. The zero-order valence-corrected chi connectivity index (χ0v) is 21.7. The normalized spacial score (nSPS) is 18.9. The maximum atomic E-state index is 13.3. The van der Waals surface area contributed by atoms with Gasteiger partial charge in [-0.1, -0.05) is 26.0 Å². The highest BCUT2D eigenvalue weighted by Gasteiger charge is 2.42. The molecule has 190 valence electrons. The van der Waals surface area contributed by atoms with Gasteiger partial charge in [-0.05, 0) is 43.2 Å². The number of rotatable bonds is 6. The minimum absolute atomic E-state index is 0.00916. The van der Waals surface area contributed by atoms with Crippen molar-refractivity contribution in [1.29, 1.82) is 5.26 Å². The number of hydrazone groups is 1. The molecular weight excluding hydrogens is 480 g/mol. The van der Waals surface area contributed by atoms with Gasteiger partial charge in [-0.2, -0.15) is 14.7 Å². The minimum Gasteiger partial charge on any atom is -0.493 e. The van der Waals surface area contributed by atoms with Crippen LogP contribution in [0.1, 0.15) is 44.2 Å². The van der Waals surface area contributed by atoms with Crippen molar-refractivity contribution in [3.63, 3.8) is 0 Å². The molecule has 2 aromatic rings. The molecule has 9 nitrogen and oxygen atoms in total. The Hall–Kier alpha value is -3.42. The number of sulfonamides is 1. The van der Waals surface area contributed by atoms with Gasteiger partial charge < -0.3 is 9.47 Å². The SMILES string of the molecule is COc1ccc(C2=NN(C3CCN(S(=O)(=O)c4ccccc4C#N)CC3)C(=O)C(C)(C)C2)cc1OC. The number of carbonyl (C=O) groups excluding carboxylic acids is 1. The van der Waals surface area contributed by atoms with Gasteiger partial charge in [0.2, 0.25) is 15.9 Å². The second-order valence-electron chi connectivity index (χ2n) is 9.57. The smallest absolute Gasteiger partial charge is 0.248 e. The Morgan fingerprint density at radius 2 is 1.72 bits per heavy atom. The van der Waals surface area contributed by atoms with Crippen molar-refractivity contribution < 1.29 is 22.7 Å². The molecule has 0 aliphatic carbocycles. The van der Waals surface area contributed by atoms with Crippen molar-refractivity contribution >= 4 is 21.6 Å². The molecule has 2 aromatic carbocycles. The summed E-state index contributed by atoms with van der Waals surface area (Å²) in [6.07, 6.45) is 1.35. The number of nitriles is 1. The highest BCUT2D eigenvalue weighted by Crippen LogP contribution is 2.36. The van der Waals surface area contributed by atoms with Crippen LogP contribution in [-0.4, -0.2) is 62.7 Å². The van der Waals surface area contributed by atoms with Gasteiger partial charge in [-0.3, -0.25) is 4.79 Å². The van der Waals surface area contributed by atoms with Gasteiger partial charge in [0.1, 0.15) is 6.07 Å². The first kappa shape index (κ1) is 25.7. The van der Waals surface area contributed by atoms with Crippen LogP contribution < -0.4 is 9.47 Å². The van der Waals surface area contributed by atoms with Crippen molar-refractivity contribution in [1.82, 2.24) is 9.31 Å². The minimum atomic E-state index is -3.82. The molecule has 0 unspecified atom stereocenters. The fraction of sp³-hybridized carbons (Fsp3) is 0.423. The lowest BCUT2D eigenvalue weighted by Crippen LogP contribution is -2.52. The van der Waals surface area contributed by atoms with Crippen molar-refractivity contribution in [3.05, 3.63) is 53.6 Å². The van der Waals surface area contributed by atoms with Crippen LogP contribution in [0.25, 0.3) is 0 Å². The van der Waals surface area contributed by atoms with E-state index in [1.54, 1.807) is 31.4 Å². The van der Waals surface area contributed by atoms with Crippen LogP contribution in [-0.2, 0) is 14.8 Å². The lowest BCUT2D eigenvalue weighted by Gasteiger charge is -2.41. The van der Waals surface area contributed by atoms with Crippen LogP contribution in [0, 0.1) is 16.7 Å². The molecule has 2 aliphatic rings. The summed E-state index contributed by atoms with van der Waals surface area (Å²) in [5.74, 6) is 1.11. The number of methoxy groups -OCH3 is 2. The van der Waals surface area contributed by atoms with E-state index >= 15 is 0 Å². The van der Waals surface area contributed by atoms with Crippen LogP contribution in [0.5, 0.6) is 11.5 Å². The van der Waals surface area contributed by atoms with E-state index in [0.29, 0.717) is 30.8 Å². The number of benzene rings is 2. The lowest BCUT2D eigenvalue weighted by molar-refractivity contribution is -0.144. The molecule has 1 amide bonds. The lowest BCUT2D eigenvalue weighted by atomic mass is 9.82. The summed E-state index contributed by atoms with van der Waals surface area (Å²) >= 11 is 0. The van der Waals surface area contributed by atoms with Gasteiger partial charge in [0.15, 0.2) is 11.5 Å². The second-order valence-corrected chi connectivity index (χ2v) is 11.5. The summed E-state index contributed by atoms with van der Waals surface area (Å²) in [6, 6.07) is 13.5. The van der Waals surface area contributed by atoms with E-state index in [4.69, 9.17) is 14.6 Å². The Morgan fingerprint density at radius 3 is 2.36 bits per heavy atom. The molecule has 0 aromatic heterocycles. The molecule has 0 radical (unpaired) electrons. The van der Waals surface area contributed by atoms with Gasteiger partial charge in [0.25, 0.3) is 0 Å². The Balaban J connectivity index is 1.58. The third-order valence-corrected chi connectivity index (χ3v) is 8.69. The van der Waals surface area contributed by atoms with Crippen LogP contribution in [0.4, 0.5) is 0 Å². The molecule has 4 rings (SSSR count). The third-order valence-electron chi connectivity index (χ3n) is 6.74. The van der Waals surface area contributed by atoms with E-state index in [0.717, 1.165) is 11.3 Å². The predicted molar refractivity (Wildman–Crippen MR) is 134 cm³/mol. The van der Waals surface area contributed by atoms with E-state index in [1.807, 2.05) is 38.1 Å². The number of amides is 1. The summed E-state index contributed by atoms with van der Waals surface area (Å²) < 4.78 is 38.6. The molecule has 0 bridgehead atoms. The maximum Gasteiger partial charge on any atom is 0.248 e. The summed E-state index contributed by atoms with van der Waals surface area (Å²) in [6.45, 7) is 4.27. The number of hydrogen-bond acceptors (Lipinski definition) is 7. The summed E-state index contributed by atoms with van der Waals surface area (Å²) in [5.41, 5.74) is 1.06. The van der Waals surface area contributed by atoms with E-state index in [1.165, 1.54) is 16.4 Å². The fourth-order valence-corrected chi connectivity index (χ4v) is 6.30. The Bertz CT molecular complexity index is 1340. The highest BCUT2D eigenvalue weighted by atomic mass is 32.2. The van der Waals surface area contributed by atoms with E-state index in [9.17, 15) is 18.5 Å². The first-order valence-corrected chi connectivity index (χ1v) is 13.2. The molecule has 10 heteroatoms. The van der Waals surface area contributed by atoms with Crippen molar-refractivity contribution in [2.75, 3.05) is 27.3 Å². The van der Waals surface area contributed by atoms with Crippen LogP contribution in [0.15, 0.2) is 52.5 Å². The molecule has 0 spiro atoms. The number of piperidine rings is 1. The Labute approximate surface area is 212 Å². The number of nitrogens with zero attached hydrogens (tertiary/aromatic N) is 4. The van der Waals surface area contributed by atoms with Crippen LogP contribution >= 0.6 is 0 Å². The summed E-state index contributed by atoms with van der Waals surface area (Å²) in [7, 11) is -0.673. The molecule has 0 saturated carbocycles. The third kappa shape index (κ3) is 4.68. The van der Waals surface area contributed by atoms with Gasteiger partial charge in [-0.15, -0.1) is 0 Å². The Kier molecular flexibility index (Phi) is 7.07. The fourth-order valence-electron chi connectivity index (χ4n) is 4.69. The summed E-state index contributed by atoms with van der Waals surface area (Å²) in [4.78, 5) is 13.3. The first-order chi connectivity index (χ1) is 17.1. The summed E-state index contributed by atoms with van der Waals surface area (Å²) in [5, 5.41) is 15.6. The molecule has 2 heterocycles. The van der Waals surface area contributed by atoms with Gasteiger partial charge in [0, 0.05) is 25.1 Å². The van der Waals surface area contributed by atoms with Crippen molar-refractivity contribution in [3.8, 4) is 17.6 Å². The topological polar surface area (TPSA) is 112 Å². The monoisotopic (exact) mass is 510 g/mol. The average molecular weight is 511 g/mol. The van der Waals surface area contributed by atoms with E-state index < -0.39 is 15.4 Å². The Morgan fingerprint density at radius 1 is 1.06 bits per heavy atom. The quantitative estimate of drug-likeness (QED) is 0.589. The van der Waals surface area contributed by atoms with Crippen LogP contribution in [0.3, 0.4) is 0 Å². The van der Waals surface area contributed by atoms with Gasteiger partial charge >= 0.3 is 0 Å². The molecule has 0 N–H and O–H groups in total. The standard InChI is InChI=1S/C26H30N4O5S/c1-26(2)16-21(18-9-10-22(34-3)23(15-18)35-4)28-30(25(26)31)20-11-13-29(14-12-20)36(32,33)24-8-6-5-7-19(24)17-27/h5-10,15,20H,11-14,16H2,1-4H3. The highest BCUT2D eigenvalue weighted by molar-refractivity contribution is 7.89. The van der Waals surface area contributed by atoms with Gasteiger partial charge in [-0.25, -0.2) is 13.4 Å². The molecule has 1 fully saturated rings. The molecular formula is C26H30N4O5S. The average Bonchev–Trinajstić information content (AvgIpc) is 2.89. The largest absolute Gasteiger partial charge is 0.493 e. The molecule has 0 atom stereocenters. The van der Waals surface area contributed by atoms with Crippen molar-refractivity contribution in [2.24, 2.45) is 10.5 Å². The number of ether oxygens (including phenoxy) is 2. The zero-order valence-electron chi connectivity index (χ0n) is 20.9. The van der Waals surface area contributed by atoms with Gasteiger partial charge in [0.05, 0.1) is 41.8 Å².